The van der Waals surface area contributed by atoms with Gasteiger partial charge in [-0.2, -0.15) is 0 Å². The third-order valence-corrected chi connectivity index (χ3v) is 4.72. The van der Waals surface area contributed by atoms with E-state index in [4.69, 9.17) is 5.84 Å². The number of nitrogens with one attached hydrogen (secondary N) is 1. The van der Waals surface area contributed by atoms with Crippen molar-refractivity contribution >= 4 is 33.1 Å². The van der Waals surface area contributed by atoms with Gasteiger partial charge in [-0.3, -0.25) is 0 Å². The fourth-order valence-electron chi connectivity index (χ4n) is 2.11. The Morgan fingerprint density at radius 1 is 1.35 bits per heavy atom. The monoisotopic (exact) mass is 310 g/mol. The summed E-state index contributed by atoms with van der Waals surface area (Å²) in [5, 5.41) is 2.02. The molecule has 2 aromatic rings. The second-order valence-electron chi connectivity index (χ2n) is 3.92. The summed E-state index contributed by atoms with van der Waals surface area (Å²) in [6, 6.07) is 2.01. The number of thiophene rings is 1. The number of nitrogens with two attached hydrogens (primary N) is 1. The minimum absolute atomic E-state index is 0.750. The molecule has 4 nitrogen and oxygen atoms in total. The lowest BCUT2D eigenvalue weighted by Crippen LogP contribution is -2.12. The molecule has 1 aliphatic rings. The number of rotatable bonds is 2. The topological polar surface area (TPSA) is 63.8 Å². The summed E-state index contributed by atoms with van der Waals surface area (Å²) in [4.78, 5) is 10.2. The van der Waals surface area contributed by atoms with Crippen molar-refractivity contribution in [1.82, 2.24) is 9.97 Å². The highest BCUT2D eigenvalue weighted by atomic mass is 79.9. The van der Waals surface area contributed by atoms with Crippen LogP contribution in [0.5, 0.6) is 0 Å². The minimum Gasteiger partial charge on any atom is -0.308 e. The maximum absolute atomic E-state index is 5.53. The Morgan fingerprint density at radius 2 is 2.24 bits per heavy atom. The molecular formula is C11H11BrN4S. The zero-order valence-corrected chi connectivity index (χ0v) is 11.4. The highest BCUT2D eigenvalue weighted by Gasteiger charge is 2.20. The first-order valence-corrected chi connectivity index (χ1v) is 7.06. The van der Waals surface area contributed by atoms with E-state index in [2.05, 4.69) is 31.3 Å². The van der Waals surface area contributed by atoms with E-state index in [1.807, 2.05) is 11.4 Å². The molecule has 0 aromatic carbocycles. The molecule has 2 aromatic heterocycles. The summed E-state index contributed by atoms with van der Waals surface area (Å²) >= 11 is 5.14. The predicted molar refractivity (Wildman–Crippen MR) is 72.9 cm³/mol. The Balaban J connectivity index is 2.16. The zero-order valence-electron chi connectivity index (χ0n) is 9.03. The molecule has 0 unspecified atom stereocenters. The Kier molecular flexibility index (Phi) is 2.85. The van der Waals surface area contributed by atoms with Gasteiger partial charge in [0.1, 0.15) is 5.82 Å². The van der Waals surface area contributed by atoms with Crippen molar-refractivity contribution < 1.29 is 0 Å². The number of halogens is 1. The number of hydrogen-bond donors (Lipinski definition) is 2. The number of fused-ring (bicyclic) bond motifs is 1. The maximum Gasteiger partial charge on any atom is 0.173 e. The summed E-state index contributed by atoms with van der Waals surface area (Å²) in [7, 11) is 0. The number of aromatic nitrogens is 2. The molecule has 1 aliphatic carbocycles. The number of nitrogen functional groups attached to an aromatic ring is 1. The number of aryl methyl sites for hydroxylation is 1. The van der Waals surface area contributed by atoms with Crippen molar-refractivity contribution in [2.24, 2.45) is 5.84 Å². The van der Waals surface area contributed by atoms with Crippen LogP contribution in [0.4, 0.5) is 5.82 Å². The zero-order chi connectivity index (χ0) is 11.8. The maximum atomic E-state index is 5.53. The van der Waals surface area contributed by atoms with E-state index in [-0.39, 0.29) is 0 Å². The Bertz CT molecular complexity index is 567. The highest BCUT2D eigenvalue weighted by Crippen LogP contribution is 2.34. The summed E-state index contributed by atoms with van der Waals surface area (Å²) in [5.41, 5.74) is 4.99. The normalized spacial score (nSPS) is 13.8. The standard InChI is InChI=1S/C11H11BrN4S/c12-7-4-5-17-9(7)11-14-8-3-1-2-6(8)10(15-11)16-13/h4-5H,1-3,13H2,(H,14,15,16). The molecule has 0 amide bonds. The van der Waals surface area contributed by atoms with Gasteiger partial charge in [0.05, 0.1) is 4.88 Å². The van der Waals surface area contributed by atoms with Gasteiger partial charge in [0.15, 0.2) is 5.82 Å². The van der Waals surface area contributed by atoms with E-state index in [0.717, 1.165) is 45.9 Å². The van der Waals surface area contributed by atoms with E-state index < -0.39 is 0 Å². The molecule has 0 saturated carbocycles. The van der Waals surface area contributed by atoms with Crippen LogP contribution in [-0.4, -0.2) is 9.97 Å². The predicted octanol–water partition coefficient (Wildman–Crippen LogP) is 2.74. The molecule has 0 atom stereocenters. The van der Waals surface area contributed by atoms with E-state index >= 15 is 0 Å². The fourth-order valence-corrected chi connectivity index (χ4v) is 3.59. The van der Waals surface area contributed by atoms with Crippen molar-refractivity contribution in [3.05, 3.63) is 27.2 Å². The fraction of sp³-hybridized carbons (Fsp3) is 0.273. The summed E-state index contributed by atoms with van der Waals surface area (Å²) in [5.74, 6) is 7.05. The molecule has 2 heterocycles. The SMILES string of the molecule is NNc1nc(-c2sccc2Br)nc2c1CCC2. The molecule has 0 saturated heterocycles. The molecule has 3 rings (SSSR count). The van der Waals surface area contributed by atoms with Crippen LogP contribution in [-0.2, 0) is 12.8 Å². The van der Waals surface area contributed by atoms with Gasteiger partial charge in [0.25, 0.3) is 0 Å². The van der Waals surface area contributed by atoms with Crippen molar-refractivity contribution in [3.8, 4) is 10.7 Å². The number of hydrogen-bond acceptors (Lipinski definition) is 5. The van der Waals surface area contributed by atoms with Crippen molar-refractivity contribution in [2.45, 2.75) is 19.3 Å². The van der Waals surface area contributed by atoms with Gasteiger partial charge in [-0.1, -0.05) is 0 Å². The molecule has 3 N–H and O–H groups in total. The van der Waals surface area contributed by atoms with Gasteiger partial charge in [-0.15, -0.1) is 11.3 Å². The second-order valence-corrected chi connectivity index (χ2v) is 5.69. The number of nitrogens with zero attached hydrogens (tertiary/aromatic N) is 2. The van der Waals surface area contributed by atoms with Crippen LogP contribution < -0.4 is 11.3 Å². The van der Waals surface area contributed by atoms with Gasteiger partial charge < -0.3 is 5.43 Å². The van der Waals surface area contributed by atoms with E-state index in [1.54, 1.807) is 11.3 Å². The summed E-state index contributed by atoms with van der Waals surface area (Å²) in [6.07, 6.45) is 3.16. The number of anilines is 1. The van der Waals surface area contributed by atoms with Gasteiger partial charge in [0, 0.05) is 15.7 Å². The van der Waals surface area contributed by atoms with Crippen LogP contribution in [0.25, 0.3) is 10.7 Å². The smallest absolute Gasteiger partial charge is 0.173 e. The van der Waals surface area contributed by atoms with Crippen molar-refractivity contribution in [2.75, 3.05) is 5.43 Å². The molecular weight excluding hydrogens is 300 g/mol. The molecule has 0 fully saturated rings. The second kappa shape index (κ2) is 4.36. The van der Waals surface area contributed by atoms with Crippen LogP contribution in [0, 0.1) is 0 Å². The summed E-state index contributed by atoms with van der Waals surface area (Å²) < 4.78 is 1.03. The molecule has 0 spiro atoms. The quantitative estimate of drug-likeness (QED) is 0.661. The Labute approximate surface area is 111 Å². The van der Waals surface area contributed by atoms with E-state index in [9.17, 15) is 0 Å². The minimum atomic E-state index is 0.750. The number of hydrazine groups is 1. The lowest BCUT2D eigenvalue weighted by molar-refractivity contribution is 0.900. The molecule has 0 bridgehead atoms. The third kappa shape index (κ3) is 1.86. The van der Waals surface area contributed by atoms with Gasteiger partial charge in [-0.05, 0) is 46.6 Å². The average molecular weight is 311 g/mol. The first kappa shape index (κ1) is 11.1. The van der Waals surface area contributed by atoms with Crippen LogP contribution in [0.15, 0.2) is 15.9 Å². The molecule has 88 valence electrons. The molecule has 17 heavy (non-hydrogen) atoms. The van der Waals surface area contributed by atoms with Crippen LogP contribution in [0.2, 0.25) is 0 Å². The first-order chi connectivity index (χ1) is 8.29. The molecule has 0 radical (unpaired) electrons. The van der Waals surface area contributed by atoms with E-state index in [1.165, 1.54) is 5.56 Å². The van der Waals surface area contributed by atoms with Gasteiger partial charge in [0.2, 0.25) is 0 Å². The molecule has 0 aliphatic heterocycles. The molecule has 6 heteroatoms. The Hall–Kier alpha value is -0.980. The van der Waals surface area contributed by atoms with Crippen LogP contribution in [0.1, 0.15) is 17.7 Å². The first-order valence-electron chi connectivity index (χ1n) is 5.39. The van der Waals surface area contributed by atoms with Crippen molar-refractivity contribution in [1.29, 1.82) is 0 Å². The van der Waals surface area contributed by atoms with E-state index in [0.29, 0.717) is 0 Å². The lowest BCUT2D eigenvalue weighted by Gasteiger charge is -2.08. The van der Waals surface area contributed by atoms with Crippen molar-refractivity contribution in [3.63, 3.8) is 0 Å². The average Bonchev–Trinajstić information content (AvgIpc) is 2.95. The lowest BCUT2D eigenvalue weighted by atomic mass is 10.2. The largest absolute Gasteiger partial charge is 0.308 e. The van der Waals surface area contributed by atoms with Crippen LogP contribution >= 0.6 is 27.3 Å². The van der Waals surface area contributed by atoms with Gasteiger partial charge >= 0.3 is 0 Å². The van der Waals surface area contributed by atoms with Gasteiger partial charge in [-0.25, -0.2) is 15.8 Å². The Morgan fingerprint density at radius 3 is 2.94 bits per heavy atom. The third-order valence-electron chi connectivity index (χ3n) is 2.89. The highest BCUT2D eigenvalue weighted by molar-refractivity contribution is 9.10. The van der Waals surface area contributed by atoms with Crippen LogP contribution in [0.3, 0.4) is 0 Å². The summed E-state index contributed by atoms with van der Waals surface area (Å²) in [6.45, 7) is 0.